The molecule has 13 heteroatoms. The lowest BCUT2D eigenvalue weighted by Crippen LogP contribution is -2.32. The van der Waals surface area contributed by atoms with Crippen molar-refractivity contribution in [3.05, 3.63) is 36.3 Å². The molecule has 5 rings (SSSR count). The van der Waals surface area contributed by atoms with E-state index in [9.17, 15) is 17.6 Å². The van der Waals surface area contributed by atoms with Crippen LogP contribution in [0.25, 0.3) is 22.4 Å². The molecular formula is C20H18F5N7O. The second-order valence-electron chi connectivity index (χ2n) is 7.86. The molecule has 4 heterocycles. The Morgan fingerprint density at radius 2 is 1.88 bits per heavy atom. The quantitative estimate of drug-likeness (QED) is 0.435. The van der Waals surface area contributed by atoms with Crippen LogP contribution in [0.2, 0.25) is 0 Å². The van der Waals surface area contributed by atoms with Gasteiger partial charge in [-0.2, -0.15) is 4.98 Å². The van der Waals surface area contributed by atoms with Crippen molar-refractivity contribution in [2.24, 2.45) is 0 Å². The fourth-order valence-corrected chi connectivity index (χ4v) is 4.05. The number of imidazole rings is 1. The molecule has 0 saturated heterocycles. The molecule has 1 N–H and O–H groups in total. The fraction of sp³-hybridized carbons (Fsp3) is 0.400. The zero-order chi connectivity index (χ0) is 23.3. The fourth-order valence-electron chi connectivity index (χ4n) is 4.05. The smallest absolute Gasteiger partial charge is 0.280 e. The van der Waals surface area contributed by atoms with E-state index in [1.807, 2.05) is 0 Å². The number of aromatic nitrogens is 6. The molecule has 0 unspecified atom stereocenters. The number of alkyl halides is 4. The molecule has 4 aromatic heterocycles. The summed E-state index contributed by atoms with van der Waals surface area (Å²) in [6.07, 6.45) is 1.93. The van der Waals surface area contributed by atoms with Gasteiger partial charge in [0.1, 0.15) is 11.2 Å². The van der Waals surface area contributed by atoms with Gasteiger partial charge in [0.2, 0.25) is 23.5 Å². The Bertz CT molecular complexity index is 1330. The average Bonchev–Trinajstić information content (AvgIpc) is 3.34. The first-order chi connectivity index (χ1) is 15.8. The SMILES string of the molecule is COc1nc(NC2CCC(F)(F)CC2)nn2cc(F)c(-c3cnc4ncc(C(F)F)n4c3)c12. The molecule has 0 radical (unpaired) electrons. The molecule has 0 bridgehead atoms. The molecule has 174 valence electrons. The number of halogens is 5. The molecule has 1 saturated carbocycles. The average molecular weight is 467 g/mol. The summed E-state index contributed by atoms with van der Waals surface area (Å²) in [4.78, 5) is 12.1. The van der Waals surface area contributed by atoms with E-state index in [1.54, 1.807) is 0 Å². The summed E-state index contributed by atoms with van der Waals surface area (Å²) in [5.74, 6) is -3.21. The highest BCUT2D eigenvalue weighted by Gasteiger charge is 2.35. The first-order valence-electron chi connectivity index (χ1n) is 10.1. The predicted molar refractivity (Wildman–Crippen MR) is 107 cm³/mol. The molecule has 1 aliphatic carbocycles. The zero-order valence-electron chi connectivity index (χ0n) is 17.3. The van der Waals surface area contributed by atoms with Gasteiger partial charge in [-0.25, -0.2) is 36.4 Å². The van der Waals surface area contributed by atoms with Crippen molar-refractivity contribution in [2.45, 2.75) is 44.1 Å². The largest absolute Gasteiger partial charge is 0.479 e. The maximum Gasteiger partial charge on any atom is 0.280 e. The van der Waals surface area contributed by atoms with Crippen LogP contribution >= 0.6 is 0 Å². The number of nitrogens with zero attached hydrogens (tertiary/aromatic N) is 6. The summed E-state index contributed by atoms with van der Waals surface area (Å²) in [5, 5.41) is 7.25. The van der Waals surface area contributed by atoms with Crippen molar-refractivity contribution < 1.29 is 26.7 Å². The first kappa shape index (κ1) is 21.3. The Labute approximate surface area is 183 Å². The van der Waals surface area contributed by atoms with Crippen LogP contribution in [0, 0.1) is 5.82 Å². The van der Waals surface area contributed by atoms with Gasteiger partial charge in [0.15, 0.2) is 5.82 Å². The number of hydrogen-bond donors (Lipinski definition) is 1. The molecule has 0 spiro atoms. The van der Waals surface area contributed by atoms with Crippen LogP contribution in [0.4, 0.5) is 27.9 Å². The van der Waals surface area contributed by atoms with Crippen LogP contribution in [0.3, 0.4) is 0 Å². The first-order valence-corrected chi connectivity index (χ1v) is 10.1. The Kier molecular flexibility index (Phi) is 5.05. The lowest BCUT2D eigenvalue weighted by atomic mass is 9.92. The number of fused-ring (bicyclic) bond motifs is 2. The molecule has 1 aliphatic rings. The number of hydrogen-bond acceptors (Lipinski definition) is 6. The minimum atomic E-state index is -2.79. The Morgan fingerprint density at radius 1 is 1.15 bits per heavy atom. The standard InChI is InChI=1S/C20H18F5N7O/c1-33-17-15-14(10-6-26-19-27-7-13(16(22)23)31(19)8-10)12(21)9-32(15)30-18(29-17)28-11-2-4-20(24,25)5-3-11/h6-9,11,16H,2-5H2,1H3,(H,28,30). The van der Waals surface area contributed by atoms with Crippen molar-refractivity contribution in [1.82, 2.24) is 29.0 Å². The highest BCUT2D eigenvalue weighted by Crippen LogP contribution is 2.36. The third-order valence-corrected chi connectivity index (χ3v) is 5.70. The highest BCUT2D eigenvalue weighted by molar-refractivity contribution is 5.84. The normalized spacial score (nSPS) is 16.7. The van der Waals surface area contributed by atoms with E-state index in [1.165, 1.54) is 24.0 Å². The van der Waals surface area contributed by atoms with E-state index in [-0.39, 0.29) is 71.7 Å². The number of ether oxygens (including phenoxy) is 1. The summed E-state index contributed by atoms with van der Waals surface area (Å²) in [5.41, 5.74) is -0.00910. The van der Waals surface area contributed by atoms with Crippen molar-refractivity contribution in [2.75, 3.05) is 12.4 Å². The van der Waals surface area contributed by atoms with Crippen molar-refractivity contribution in [1.29, 1.82) is 0 Å². The van der Waals surface area contributed by atoms with Gasteiger partial charge in [-0.05, 0) is 12.8 Å². The molecule has 0 aromatic carbocycles. The predicted octanol–water partition coefficient (Wildman–Crippen LogP) is 4.51. The third kappa shape index (κ3) is 3.80. The number of nitrogens with one attached hydrogen (secondary N) is 1. The van der Waals surface area contributed by atoms with Crippen LogP contribution in [0.15, 0.2) is 24.8 Å². The molecule has 8 nitrogen and oxygen atoms in total. The van der Waals surface area contributed by atoms with E-state index in [4.69, 9.17) is 4.74 Å². The van der Waals surface area contributed by atoms with Crippen molar-refractivity contribution >= 4 is 17.2 Å². The number of rotatable bonds is 5. The van der Waals surface area contributed by atoms with E-state index < -0.39 is 18.2 Å². The number of methoxy groups -OCH3 is 1. The summed E-state index contributed by atoms with van der Waals surface area (Å²) in [7, 11) is 1.34. The third-order valence-electron chi connectivity index (χ3n) is 5.70. The van der Waals surface area contributed by atoms with Crippen LogP contribution in [0.5, 0.6) is 5.88 Å². The maximum atomic E-state index is 15.0. The van der Waals surface area contributed by atoms with Gasteiger partial charge < -0.3 is 10.1 Å². The van der Waals surface area contributed by atoms with Gasteiger partial charge in [0.05, 0.1) is 25.1 Å². The van der Waals surface area contributed by atoms with Gasteiger partial charge in [-0.1, -0.05) is 0 Å². The molecule has 1 fully saturated rings. The van der Waals surface area contributed by atoms with Gasteiger partial charge in [-0.15, -0.1) is 5.10 Å². The summed E-state index contributed by atoms with van der Waals surface area (Å²) in [6, 6.07) is -0.257. The molecule has 0 amide bonds. The second kappa shape index (κ2) is 7.81. The van der Waals surface area contributed by atoms with E-state index in [2.05, 4.69) is 25.4 Å². The topological polar surface area (TPSA) is 81.6 Å². The Morgan fingerprint density at radius 3 is 2.58 bits per heavy atom. The Hall–Kier alpha value is -3.51. The summed E-state index contributed by atoms with van der Waals surface area (Å²) < 4.78 is 76.1. The minimum Gasteiger partial charge on any atom is -0.479 e. The van der Waals surface area contributed by atoms with Crippen LogP contribution < -0.4 is 10.1 Å². The highest BCUT2D eigenvalue weighted by atomic mass is 19.3. The zero-order valence-corrected chi connectivity index (χ0v) is 17.3. The van der Waals surface area contributed by atoms with Crippen LogP contribution in [0.1, 0.15) is 37.8 Å². The van der Waals surface area contributed by atoms with Crippen LogP contribution in [-0.4, -0.2) is 48.0 Å². The summed E-state index contributed by atoms with van der Waals surface area (Å²) in [6.45, 7) is 0. The lowest BCUT2D eigenvalue weighted by molar-refractivity contribution is -0.0361. The van der Waals surface area contributed by atoms with Gasteiger partial charge in [-0.3, -0.25) is 4.40 Å². The molecule has 0 aliphatic heterocycles. The van der Waals surface area contributed by atoms with Crippen LogP contribution in [-0.2, 0) is 0 Å². The van der Waals surface area contributed by atoms with Gasteiger partial charge >= 0.3 is 0 Å². The minimum absolute atomic E-state index is 0.0130. The van der Waals surface area contributed by atoms with E-state index >= 15 is 4.39 Å². The van der Waals surface area contributed by atoms with Gasteiger partial charge in [0.25, 0.3) is 6.43 Å². The molecule has 33 heavy (non-hydrogen) atoms. The van der Waals surface area contributed by atoms with E-state index in [0.717, 1.165) is 16.8 Å². The van der Waals surface area contributed by atoms with Gasteiger partial charge in [0, 0.05) is 36.8 Å². The monoisotopic (exact) mass is 467 g/mol. The summed E-state index contributed by atoms with van der Waals surface area (Å²) >= 11 is 0. The molecule has 4 aromatic rings. The van der Waals surface area contributed by atoms with Crippen molar-refractivity contribution in [3.8, 4) is 17.0 Å². The second-order valence-corrected chi connectivity index (χ2v) is 7.86. The molecule has 0 atom stereocenters. The lowest BCUT2D eigenvalue weighted by Gasteiger charge is -2.28. The Balaban J connectivity index is 1.55. The van der Waals surface area contributed by atoms with Crippen molar-refractivity contribution in [3.63, 3.8) is 0 Å². The maximum absolute atomic E-state index is 15.0. The number of anilines is 1. The van der Waals surface area contributed by atoms with E-state index in [0.29, 0.717) is 0 Å². The molecular weight excluding hydrogens is 449 g/mol.